The molecule has 16 heavy (non-hydrogen) atoms. The Morgan fingerprint density at radius 2 is 2.19 bits per heavy atom. The Balaban J connectivity index is 2.27. The number of rotatable bonds is 1. The van der Waals surface area contributed by atoms with E-state index in [1.807, 2.05) is 0 Å². The van der Waals surface area contributed by atoms with Gasteiger partial charge in [-0.1, -0.05) is 11.6 Å². The first-order valence-electron chi connectivity index (χ1n) is 4.92. The molecule has 0 spiro atoms. The van der Waals surface area contributed by atoms with Crippen LogP contribution in [0.5, 0.6) is 0 Å². The van der Waals surface area contributed by atoms with Crippen molar-refractivity contribution in [2.24, 2.45) is 0 Å². The van der Waals surface area contributed by atoms with E-state index in [4.69, 9.17) is 16.7 Å². The lowest BCUT2D eigenvalue weighted by atomic mass is 10.1. The normalized spacial score (nSPS) is 16.1. The van der Waals surface area contributed by atoms with E-state index in [0.717, 1.165) is 6.07 Å². The van der Waals surface area contributed by atoms with Crippen LogP contribution in [0.1, 0.15) is 15.9 Å². The van der Waals surface area contributed by atoms with Gasteiger partial charge < -0.3 is 10.0 Å². The summed E-state index contributed by atoms with van der Waals surface area (Å²) < 4.78 is 13.1. The number of aryl methyl sites for hydroxylation is 1. The molecule has 1 saturated heterocycles. The highest BCUT2D eigenvalue weighted by atomic mass is 35.5. The zero-order chi connectivity index (χ0) is 11.9. The molecule has 1 heterocycles. The Bertz CT molecular complexity index is 444. The van der Waals surface area contributed by atoms with Crippen LogP contribution in [0.15, 0.2) is 12.1 Å². The van der Waals surface area contributed by atoms with Gasteiger partial charge in [0.15, 0.2) is 0 Å². The van der Waals surface area contributed by atoms with Crippen molar-refractivity contribution in [1.29, 1.82) is 0 Å². The maximum absolute atomic E-state index is 13.1. The van der Waals surface area contributed by atoms with Crippen molar-refractivity contribution in [3.05, 3.63) is 34.1 Å². The van der Waals surface area contributed by atoms with Crippen molar-refractivity contribution < 1.29 is 14.3 Å². The number of aliphatic hydroxyl groups excluding tert-OH is 1. The Hall–Kier alpha value is -1.13. The Morgan fingerprint density at radius 3 is 2.75 bits per heavy atom. The maximum atomic E-state index is 13.1. The van der Waals surface area contributed by atoms with Crippen molar-refractivity contribution in [3.8, 4) is 0 Å². The highest BCUT2D eigenvalue weighted by Gasteiger charge is 2.30. The molecule has 1 amide bonds. The summed E-state index contributed by atoms with van der Waals surface area (Å²) in [6.45, 7) is 2.20. The fraction of sp³-hybridized carbons (Fsp3) is 0.364. The molecule has 1 fully saturated rings. The third-order valence-electron chi connectivity index (χ3n) is 2.63. The van der Waals surface area contributed by atoms with Gasteiger partial charge in [0.1, 0.15) is 5.82 Å². The summed E-state index contributed by atoms with van der Waals surface area (Å²) in [5.41, 5.74) is 0.668. The van der Waals surface area contributed by atoms with E-state index in [1.165, 1.54) is 11.0 Å². The topological polar surface area (TPSA) is 40.5 Å². The molecule has 1 aliphatic heterocycles. The van der Waals surface area contributed by atoms with E-state index < -0.39 is 11.9 Å². The van der Waals surface area contributed by atoms with Gasteiger partial charge in [-0.15, -0.1) is 0 Å². The van der Waals surface area contributed by atoms with E-state index in [1.54, 1.807) is 6.92 Å². The Morgan fingerprint density at radius 1 is 1.56 bits per heavy atom. The number of amides is 1. The SMILES string of the molecule is Cc1cc(C(=O)N2CC(O)C2)c(Cl)cc1F. The van der Waals surface area contributed by atoms with Crippen molar-refractivity contribution in [2.75, 3.05) is 13.1 Å². The third-order valence-corrected chi connectivity index (χ3v) is 2.94. The number of hydrogen-bond acceptors (Lipinski definition) is 2. The van der Waals surface area contributed by atoms with Gasteiger partial charge in [0.05, 0.1) is 16.7 Å². The zero-order valence-corrected chi connectivity index (χ0v) is 9.46. The van der Waals surface area contributed by atoms with Gasteiger partial charge >= 0.3 is 0 Å². The standard InChI is InChI=1S/C11H11ClFNO2/c1-6-2-8(9(12)3-10(6)13)11(16)14-4-7(15)5-14/h2-3,7,15H,4-5H2,1H3. The predicted molar refractivity (Wildman–Crippen MR) is 58.1 cm³/mol. The average Bonchev–Trinajstić information content (AvgIpc) is 2.18. The fourth-order valence-corrected chi connectivity index (χ4v) is 1.84. The highest BCUT2D eigenvalue weighted by molar-refractivity contribution is 6.33. The molecule has 3 nitrogen and oxygen atoms in total. The fourth-order valence-electron chi connectivity index (χ4n) is 1.61. The first-order chi connectivity index (χ1) is 7.49. The van der Waals surface area contributed by atoms with Crippen LogP contribution in [-0.4, -0.2) is 35.1 Å². The number of aliphatic hydroxyl groups is 1. The quantitative estimate of drug-likeness (QED) is 0.814. The summed E-state index contributed by atoms with van der Waals surface area (Å²) in [5, 5.41) is 9.20. The van der Waals surface area contributed by atoms with Gasteiger partial charge in [-0.25, -0.2) is 4.39 Å². The number of hydrogen-bond donors (Lipinski definition) is 1. The summed E-state index contributed by atoms with van der Waals surface area (Å²) in [6, 6.07) is 2.57. The van der Waals surface area contributed by atoms with Gasteiger partial charge in [-0.05, 0) is 24.6 Å². The second-order valence-corrected chi connectivity index (χ2v) is 4.35. The molecule has 0 radical (unpaired) electrons. The molecule has 1 aromatic carbocycles. The molecular weight excluding hydrogens is 233 g/mol. The van der Waals surface area contributed by atoms with Crippen LogP contribution >= 0.6 is 11.6 Å². The maximum Gasteiger partial charge on any atom is 0.255 e. The Kier molecular flexibility index (Phi) is 2.86. The minimum Gasteiger partial charge on any atom is -0.389 e. The van der Waals surface area contributed by atoms with Crippen LogP contribution in [0.3, 0.4) is 0 Å². The number of nitrogens with zero attached hydrogens (tertiary/aromatic N) is 1. The molecule has 5 heteroatoms. The van der Waals surface area contributed by atoms with Crippen molar-refractivity contribution >= 4 is 17.5 Å². The van der Waals surface area contributed by atoms with Crippen LogP contribution in [-0.2, 0) is 0 Å². The smallest absolute Gasteiger partial charge is 0.255 e. The molecule has 0 atom stereocenters. The van der Waals surface area contributed by atoms with E-state index in [0.29, 0.717) is 18.7 Å². The summed E-state index contributed by atoms with van der Waals surface area (Å²) in [5.74, 6) is -0.691. The lowest BCUT2D eigenvalue weighted by Gasteiger charge is -2.36. The van der Waals surface area contributed by atoms with Crippen LogP contribution in [0, 0.1) is 12.7 Å². The molecule has 0 unspecified atom stereocenters. The van der Waals surface area contributed by atoms with Crippen LogP contribution in [0.25, 0.3) is 0 Å². The summed E-state index contributed by atoms with van der Waals surface area (Å²) in [4.78, 5) is 13.3. The number of β-amino-alcohol motifs (C(OH)–C–C–N with tert-alkyl or cyclic N) is 1. The molecular formula is C11H11ClFNO2. The van der Waals surface area contributed by atoms with E-state index in [-0.39, 0.29) is 16.5 Å². The number of carbonyl (C=O) groups excluding carboxylic acids is 1. The zero-order valence-electron chi connectivity index (χ0n) is 8.70. The molecule has 1 N–H and O–H groups in total. The lowest BCUT2D eigenvalue weighted by molar-refractivity contribution is 0.00589. The van der Waals surface area contributed by atoms with Gasteiger partial charge in [0.25, 0.3) is 5.91 Å². The molecule has 1 aliphatic rings. The van der Waals surface area contributed by atoms with Crippen molar-refractivity contribution in [2.45, 2.75) is 13.0 Å². The van der Waals surface area contributed by atoms with Gasteiger partial charge in [-0.2, -0.15) is 0 Å². The van der Waals surface area contributed by atoms with Gasteiger partial charge in [0.2, 0.25) is 0 Å². The van der Waals surface area contributed by atoms with Crippen LogP contribution in [0.2, 0.25) is 5.02 Å². The lowest BCUT2D eigenvalue weighted by Crippen LogP contribution is -2.53. The molecule has 0 aromatic heterocycles. The first kappa shape index (κ1) is 11.4. The highest BCUT2D eigenvalue weighted by Crippen LogP contribution is 2.23. The number of benzene rings is 1. The largest absolute Gasteiger partial charge is 0.389 e. The molecule has 0 aliphatic carbocycles. The summed E-state index contributed by atoms with van der Waals surface area (Å²) in [6.07, 6.45) is -0.454. The number of likely N-dealkylation sites (tertiary alicyclic amines) is 1. The van der Waals surface area contributed by atoms with Crippen LogP contribution < -0.4 is 0 Å². The first-order valence-corrected chi connectivity index (χ1v) is 5.30. The van der Waals surface area contributed by atoms with Crippen LogP contribution in [0.4, 0.5) is 4.39 Å². The third kappa shape index (κ3) is 1.90. The molecule has 2 rings (SSSR count). The second-order valence-electron chi connectivity index (χ2n) is 3.95. The van der Waals surface area contributed by atoms with E-state index in [9.17, 15) is 9.18 Å². The predicted octanol–water partition coefficient (Wildman–Crippen LogP) is 1.60. The minimum atomic E-state index is -0.454. The van der Waals surface area contributed by atoms with Gasteiger partial charge in [-0.3, -0.25) is 4.79 Å². The van der Waals surface area contributed by atoms with E-state index in [2.05, 4.69) is 0 Å². The van der Waals surface area contributed by atoms with Gasteiger partial charge in [0, 0.05) is 13.1 Å². The molecule has 0 bridgehead atoms. The summed E-state index contributed by atoms with van der Waals surface area (Å²) >= 11 is 5.81. The monoisotopic (exact) mass is 243 g/mol. The second kappa shape index (κ2) is 4.03. The Labute approximate surface area is 97.4 Å². The molecule has 86 valence electrons. The minimum absolute atomic E-state index is 0.106. The average molecular weight is 244 g/mol. The van der Waals surface area contributed by atoms with Crippen molar-refractivity contribution in [1.82, 2.24) is 4.90 Å². The van der Waals surface area contributed by atoms with Crippen molar-refractivity contribution in [3.63, 3.8) is 0 Å². The molecule has 1 aromatic rings. The molecule has 0 saturated carbocycles. The summed E-state index contributed by atoms with van der Waals surface area (Å²) in [7, 11) is 0. The number of carbonyl (C=O) groups is 1. The van der Waals surface area contributed by atoms with E-state index >= 15 is 0 Å². The number of halogens is 2.